The van der Waals surface area contributed by atoms with Gasteiger partial charge in [0.05, 0.1) is 12.3 Å². The van der Waals surface area contributed by atoms with E-state index in [-0.39, 0.29) is 24.8 Å². The van der Waals surface area contributed by atoms with E-state index in [1.54, 1.807) is 6.07 Å². The van der Waals surface area contributed by atoms with E-state index in [9.17, 15) is 14.0 Å². The van der Waals surface area contributed by atoms with Crippen LogP contribution in [0.25, 0.3) is 0 Å². The fraction of sp³-hybridized carbons (Fsp3) is 0.467. The zero-order chi connectivity index (χ0) is 15.1. The van der Waals surface area contributed by atoms with Crippen molar-refractivity contribution in [2.75, 3.05) is 6.54 Å². The number of carbonyl (C=O) groups excluding carboxylic acids is 1. The maximum atomic E-state index is 13.0. The normalized spacial score (nSPS) is 12.2. The van der Waals surface area contributed by atoms with E-state index in [0.29, 0.717) is 12.0 Å². The minimum absolute atomic E-state index is 0.0474. The molecular formula is C15H20FNO3. The molecule has 0 radical (unpaired) electrons. The molecule has 1 aromatic carbocycles. The maximum absolute atomic E-state index is 13.0. The SMILES string of the molecule is CC(C)CC(CNC(=O)Cc1cccc(F)c1)C(=O)O. The minimum atomic E-state index is -0.912. The molecule has 110 valence electrons. The smallest absolute Gasteiger partial charge is 0.308 e. The van der Waals surface area contributed by atoms with Gasteiger partial charge in [0, 0.05) is 6.54 Å². The Hall–Kier alpha value is -1.91. The van der Waals surface area contributed by atoms with Gasteiger partial charge in [-0.3, -0.25) is 9.59 Å². The first-order valence-corrected chi connectivity index (χ1v) is 6.62. The molecule has 20 heavy (non-hydrogen) atoms. The van der Waals surface area contributed by atoms with Crippen molar-refractivity contribution in [3.8, 4) is 0 Å². The van der Waals surface area contributed by atoms with Crippen LogP contribution >= 0.6 is 0 Å². The molecule has 0 aliphatic heterocycles. The van der Waals surface area contributed by atoms with Crippen LogP contribution in [0.4, 0.5) is 4.39 Å². The predicted octanol–water partition coefficient (Wildman–Crippen LogP) is 2.23. The molecule has 2 N–H and O–H groups in total. The van der Waals surface area contributed by atoms with Crippen LogP contribution in [0.3, 0.4) is 0 Å². The number of amides is 1. The van der Waals surface area contributed by atoms with Crippen LogP contribution in [0, 0.1) is 17.7 Å². The average molecular weight is 281 g/mol. The van der Waals surface area contributed by atoms with Gasteiger partial charge < -0.3 is 10.4 Å². The van der Waals surface area contributed by atoms with Gasteiger partial charge in [0.1, 0.15) is 5.82 Å². The summed E-state index contributed by atoms with van der Waals surface area (Å²) in [5.74, 6) is -1.95. The Kier molecular flexibility index (Phi) is 6.15. The number of aliphatic carboxylic acids is 1. The molecule has 0 spiro atoms. The summed E-state index contributed by atoms with van der Waals surface area (Å²) in [6.45, 7) is 3.97. The van der Waals surface area contributed by atoms with Gasteiger partial charge >= 0.3 is 5.97 Å². The highest BCUT2D eigenvalue weighted by Gasteiger charge is 2.19. The zero-order valence-electron chi connectivity index (χ0n) is 11.7. The zero-order valence-corrected chi connectivity index (χ0v) is 11.7. The summed E-state index contributed by atoms with van der Waals surface area (Å²) >= 11 is 0. The van der Waals surface area contributed by atoms with Gasteiger partial charge in [0.25, 0.3) is 0 Å². The number of benzene rings is 1. The molecule has 1 unspecified atom stereocenters. The Labute approximate surface area is 118 Å². The summed E-state index contributed by atoms with van der Waals surface area (Å²) < 4.78 is 13.0. The Morgan fingerprint density at radius 2 is 2.05 bits per heavy atom. The number of halogens is 1. The minimum Gasteiger partial charge on any atom is -0.481 e. The lowest BCUT2D eigenvalue weighted by Gasteiger charge is -2.15. The highest BCUT2D eigenvalue weighted by molar-refractivity contribution is 5.79. The first kappa shape index (κ1) is 16.1. The van der Waals surface area contributed by atoms with Crippen molar-refractivity contribution in [2.45, 2.75) is 26.7 Å². The van der Waals surface area contributed by atoms with Crippen LogP contribution in [-0.4, -0.2) is 23.5 Å². The molecule has 0 aliphatic carbocycles. The second kappa shape index (κ2) is 7.62. The molecular weight excluding hydrogens is 261 g/mol. The molecule has 0 bridgehead atoms. The molecule has 5 heteroatoms. The summed E-state index contributed by atoms with van der Waals surface area (Å²) in [4.78, 5) is 22.8. The molecule has 0 fully saturated rings. The highest BCUT2D eigenvalue weighted by atomic mass is 19.1. The van der Waals surface area contributed by atoms with E-state index in [2.05, 4.69) is 5.32 Å². The first-order valence-electron chi connectivity index (χ1n) is 6.62. The second-order valence-electron chi connectivity index (χ2n) is 5.28. The topological polar surface area (TPSA) is 66.4 Å². The number of carboxylic acids is 1. The molecule has 0 heterocycles. The number of hydrogen-bond acceptors (Lipinski definition) is 2. The van der Waals surface area contributed by atoms with E-state index in [4.69, 9.17) is 5.11 Å². The molecule has 0 aliphatic rings. The van der Waals surface area contributed by atoms with Crippen molar-refractivity contribution in [3.05, 3.63) is 35.6 Å². The Bertz CT molecular complexity index is 474. The van der Waals surface area contributed by atoms with Crippen molar-refractivity contribution in [1.82, 2.24) is 5.32 Å². The van der Waals surface area contributed by atoms with E-state index in [1.165, 1.54) is 18.2 Å². The van der Waals surface area contributed by atoms with Gasteiger partial charge in [-0.05, 0) is 30.0 Å². The Balaban J connectivity index is 2.47. The van der Waals surface area contributed by atoms with Crippen molar-refractivity contribution >= 4 is 11.9 Å². The predicted molar refractivity (Wildman–Crippen MR) is 73.7 cm³/mol. The molecule has 1 aromatic rings. The lowest BCUT2D eigenvalue weighted by atomic mass is 9.97. The maximum Gasteiger partial charge on any atom is 0.308 e. The van der Waals surface area contributed by atoms with Crippen LogP contribution in [0.5, 0.6) is 0 Å². The third-order valence-electron chi connectivity index (χ3n) is 2.90. The fourth-order valence-corrected chi connectivity index (χ4v) is 1.97. The van der Waals surface area contributed by atoms with Gasteiger partial charge in [-0.15, -0.1) is 0 Å². The van der Waals surface area contributed by atoms with E-state index in [1.807, 2.05) is 13.8 Å². The lowest BCUT2D eigenvalue weighted by molar-refractivity contribution is -0.142. The Morgan fingerprint density at radius 3 is 2.60 bits per heavy atom. The van der Waals surface area contributed by atoms with Gasteiger partial charge in [-0.2, -0.15) is 0 Å². The van der Waals surface area contributed by atoms with Crippen LogP contribution in [-0.2, 0) is 16.0 Å². The van der Waals surface area contributed by atoms with Crippen LogP contribution < -0.4 is 5.32 Å². The number of rotatable bonds is 7. The third kappa shape index (κ3) is 5.82. The van der Waals surface area contributed by atoms with Crippen LogP contribution in [0.1, 0.15) is 25.8 Å². The molecule has 0 saturated heterocycles. The summed E-state index contributed by atoms with van der Waals surface area (Å²) in [7, 11) is 0. The largest absolute Gasteiger partial charge is 0.481 e. The van der Waals surface area contributed by atoms with Crippen molar-refractivity contribution in [2.24, 2.45) is 11.8 Å². The molecule has 1 atom stereocenters. The summed E-state index contributed by atoms with van der Waals surface area (Å²) in [5, 5.41) is 11.7. The summed E-state index contributed by atoms with van der Waals surface area (Å²) in [5.41, 5.74) is 0.568. The first-order chi connectivity index (χ1) is 9.38. The molecule has 1 rings (SSSR count). The fourth-order valence-electron chi connectivity index (χ4n) is 1.97. The Morgan fingerprint density at radius 1 is 1.35 bits per heavy atom. The van der Waals surface area contributed by atoms with Crippen molar-refractivity contribution < 1.29 is 19.1 Å². The van der Waals surface area contributed by atoms with Gasteiger partial charge in [0.15, 0.2) is 0 Å². The highest BCUT2D eigenvalue weighted by Crippen LogP contribution is 2.11. The van der Waals surface area contributed by atoms with Crippen molar-refractivity contribution in [1.29, 1.82) is 0 Å². The van der Waals surface area contributed by atoms with Gasteiger partial charge in [0.2, 0.25) is 5.91 Å². The third-order valence-corrected chi connectivity index (χ3v) is 2.90. The molecule has 0 saturated carbocycles. The van der Waals surface area contributed by atoms with E-state index >= 15 is 0 Å². The van der Waals surface area contributed by atoms with Gasteiger partial charge in [-0.1, -0.05) is 26.0 Å². The standard InChI is InChI=1S/C15H20FNO3/c1-10(2)6-12(15(19)20)9-17-14(18)8-11-4-3-5-13(16)7-11/h3-5,7,10,12H,6,8-9H2,1-2H3,(H,17,18)(H,19,20). The number of nitrogens with one attached hydrogen (secondary N) is 1. The second-order valence-corrected chi connectivity index (χ2v) is 5.28. The lowest BCUT2D eigenvalue weighted by Crippen LogP contribution is -2.34. The molecule has 4 nitrogen and oxygen atoms in total. The van der Waals surface area contributed by atoms with E-state index < -0.39 is 17.7 Å². The number of hydrogen-bond donors (Lipinski definition) is 2. The van der Waals surface area contributed by atoms with Gasteiger partial charge in [-0.25, -0.2) is 4.39 Å². The monoisotopic (exact) mass is 281 g/mol. The van der Waals surface area contributed by atoms with Crippen LogP contribution in [0.2, 0.25) is 0 Å². The van der Waals surface area contributed by atoms with Crippen LogP contribution in [0.15, 0.2) is 24.3 Å². The van der Waals surface area contributed by atoms with E-state index in [0.717, 1.165) is 0 Å². The quantitative estimate of drug-likeness (QED) is 0.805. The molecule has 0 aromatic heterocycles. The summed E-state index contributed by atoms with van der Waals surface area (Å²) in [6, 6.07) is 5.80. The van der Waals surface area contributed by atoms with Crippen molar-refractivity contribution in [3.63, 3.8) is 0 Å². The average Bonchev–Trinajstić information content (AvgIpc) is 2.33. The number of carbonyl (C=O) groups is 2. The summed E-state index contributed by atoms with van der Waals surface area (Å²) in [6.07, 6.45) is 0.557. The molecule has 1 amide bonds. The number of carboxylic acid groups (broad SMARTS) is 1.